The summed E-state index contributed by atoms with van der Waals surface area (Å²) < 4.78 is 1.51. The van der Waals surface area contributed by atoms with E-state index in [2.05, 4.69) is 15.4 Å². The van der Waals surface area contributed by atoms with Gasteiger partial charge in [0, 0.05) is 0 Å². The molecule has 1 aliphatic rings. The van der Waals surface area contributed by atoms with Gasteiger partial charge >= 0.3 is 5.97 Å². The largest absolute Gasteiger partial charge is 0.481 e. The molecule has 4 rings (SSSR count). The maximum atomic E-state index is 12.7. The van der Waals surface area contributed by atoms with Crippen molar-refractivity contribution < 1.29 is 14.7 Å². The van der Waals surface area contributed by atoms with Crippen molar-refractivity contribution in [3.05, 3.63) is 46.4 Å². The number of hydrogen-bond donors (Lipinski definition) is 3. The summed E-state index contributed by atoms with van der Waals surface area (Å²) >= 11 is 0. The molecule has 8 nitrogen and oxygen atoms in total. The van der Waals surface area contributed by atoms with Crippen molar-refractivity contribution in [2.45, 2.75) is 31.2 Å². The van der Waals surface area contributed by atoms with Gasteiger partial charge in [0.2, 0.25) is 0 Å². The number of carboxylic acids is 1. The van der Waals surface area contributed by atoms with Gasteiger partial charge in [0.15, 0.2) is 0 Å². The molecule has 0 saturated heterocycles. The number of H-pyrrole nitrogens is 1. The van der Waals surface area contributed by atoms with E-state index in [1.807, 2.05) is 0 Å². The van der Waals surface area contributed by atoms with Crippen LogP contribution in [0.25, 0.3) is 16.6 Å². The van der Waals surface area contributed by atoms with E-state index >= 15 is 0 Å². The molecular weight excluding hydrogens is 324 g/mol. The molecule has 0 bridgehead atoms. The monoisotopic (exact) mass is 340 g/mol. The van der Waals surface area contributed by atoms with Crippen LogP contribution in [-0.4, -0.2) is 37.1 Å². The van der Waals surface area contributed by atoms with Gasteiger partial charge in [-0.05, 0) is 31.4 Å². The molecule has 3 N–H and O–H groups in total. The van der Waals surface area contributed by atoms with Crippen LogP contribution in [0.15, 0.2) is 35.3 Å². The summed E-state index contributed by atoms with van der Waals surface area (Å²) in [6, 6.07) is 6.99. The number of hydrogen-bond acceptors (Lipinski definition) is 4. The topological polar surface area (TPSA) is 117 Å². The van der Waals surface area contributed by atoms with E-state index in [0.717, 1.165) is 6.42 Å². The molecular formula is C17H16N4O4. The number of rotatable bonds is 4. The Bertz CT molecular complexity index is 1060. The lowest BCUT2D eigenvalue weighted by atomic mass is 9.74. The number of aliphatic carboxylic acids is 1. The average molecular weight is 340 g/mol. The molecule has 25 heavy (non-hydrogen) atoms. The van der Waals surface area contributed by atoms with Gasteiger partial charge < -0.3 is 15.4 Å². The first kappa shape index (κ1) is 15.4. The summed E-state index contributed by atoms with van der Waals surface area (Å²) in [6.07, 6.45) is 3.41. The number of carbonyl (C=O) groups is 2. The highest BCUT2D eigenvalue weighted by atomic mass is 16.4. The summed E-state index contributed by atoms with van der Waals surface area (Å²) in [5.74, 6) is -1.37. The Morgan fingerprint density at radius 1 is 1.32 bits per heavy atom. The molecule has 0 radical (unpaired) electrons. The third kappa shape index (κ3) is 2.46. The fourth-order valence-electron chi connectivity index (χ4n) is 3.39. The van der Waals surface area contributed by atoms with E-state index in [-0.39, 0.29) is 17.5 Å². The van der Waals surface area contributed by atoms with Crippen molar-refractivity contribution in [3.63, 3.8) is 0 Å². The smallest absolute Gasteiger partial charge is 0.305 e. The molecule has 2 heterocycles. The van der Waals surface area contributed by atoms with Gasteiger partial charge in [-0.1, -0.05) is 12.1 Å². The summed E-state index contributed by atoms with van der Waals surface area (Å²) in [5.41, 5.74) is 0.102. The first-order valence-corrected chi connectivity index (χ1v) is 8.02. The Balaban J connectivity index is 1.76. The SMILES string of the molecule is O=C(O)CC1(NC(=O)c2cnn3c2[nH]c(=O)c2ccccc23)CCC1. The second-order valence-corrected chi connectivity index (χ2v) is 6.45. The number of aromatic amines is 1. The van der Waals surface area contributed by atoms with Gasteiger partial charge in [0.1, 0.15) is 11.2 Å². The molecule has 1 saturated carbocycles. The molecule has 128 valence electrons. The van der Waals surface area contributed by atoms with Crippen LogP contribution in [0.2, 0.25) is 0 Å². The highest BCUT2D eigenvalue weighted by Gasteiger charge is 2.40. The van der Waals surface area contributed by atoms with Gasteiger partial charge in [0.05, 0.1) is 29.1 Å². The van der Waals surface area contributed by atoms with Gasteiger partial charge in [0.25, 0.3) is 11.5 Å². The van der Waals surface area contributed by atoms with Crippen LogP contribution in [-0.2, 0) is 4.79 Å². The number of aromatic nitrogens is 3. The van der Waals surface area contributed by atoms with Crippen molar-refractivity contribution in [1.82, 2.24) is 19.9 Å². The van der Waals surface area contributed by atoms with Crippen LogP contribution in [0.4, 0.5) is 0 Å². The quantitative estimate of drug-likeness (QED) is 0.662. The van der Waals surface area contributed by atoms with Crippen LogP contribution >= 0.6 is 0 Å². The summed E-state index contributed by atoms with van der Waals surface area (Å²) in [5, 5.41) is 16.6. The van der Waals surface area contributed by atoms with Crippen molar-refractivity contribution in [2.75, 3.05) is 0 Å². The van der Waals surface area contributed by atoms with Crippen LogP contribution < -0.4 is 10.9 Å². The standard InChI is InChI=1S/C17H16N4O4/c22-13(23)8-17(6-3-7-17)20-16(25)11-9-18-21-12-5-2-1-4-10(12)15(24)19-14(11)21/h1-2,4-5,9H,3,6-8H2,(H,19,24)(H,20,25)(H,22,23). The van der Waals surface area contributed by atoms with Crippen molar-refractivity contribution in [3.8, 4) is 0 Å². The van der Waals surface area contributed by atoms with E-state index < -0.39 is 17.4 Å². The molecule has 0 atom stereocenters. The molecule has 0 spiro atoms. The van der Waals surface area contributed by atoms with E-state index in [0.29, 0.717) is 29.4 Å². The van der Waals surface area contributed by atoms with Crippen LogP contribution in [0.1, 0.15) is 36.0 Å². The number of carboxylic acid groups (broad SMARTS) is 1. The zero-order valence-electron chi connectivity index (χ0n) is 13.3. The van der Waals surface area contributed by atoms with Crippen LogP contribution in [0.3, 0.4) is 0 Å². The number of benzene rings is 1. The number of carbonyl (C=O) groups excluding carboxylic acids is 1. The van der Waals surface area contributed by atoms with Gasteiger partial charge in [-0.2, -0.15) is 5.10 Å². The fraction of sp³-hybridized carbons (Fsp3) is 0.294. The number of amides is 1. The minimum Gasteiger partial charge on any atom is -0.481 e. The highest BCUT2D eigenvalue weighted by Crippen LogP contribution is 2.35. The predicted molar refractivity (Wildman–Crippen MR) is 89.6 cm³/mol. The molecule has 1 amide bonds. The molecule has 1 fully saturated rings. The van der Waals surface area contributed by atoms with E-state index in [1.165, 1.54) is 10.7 Å². The van der Waals surface area contributed by atoms with Gasteiger partial charge in [-0.15, -0.1) is 0 Å². The normalized spacial score (nSPS) is 15.8. The lowest BCUT2D eigenvalue weighted by molar-refractivity contribution is -0.139. The molecule has 0 unspecified atom stereocenters. The van der Waals surface area contributed by atoms with E-state index in [9.17, 15) is 14.4 Å². The maximum Gasteiger partial charge on any atom is 0.305 e. The fourth-order valence-corrected chi connectivity index (χ4v) is 3.39. The van der Waals surface area contributed by atoms with E-state index in [1.54, 1.807) is 24.3 Å². The van der Waals surface area contributed by atoms with Crippen molar-refractivity contribution in [2.24, 2.45) is 0 Å². The average Bonchev–Trinajstić information content (AvgIpc) is 2.96. The Kier molecular flexibility index (Phi) is 3.34. The first-order chi connectivity index (χ1) is 12.0. The number of para-hydroxylation sites is 1. The van der Waals surface area contributed by atoms with Crippen LogP contribution in [0.5, 0.6) is 0 Å². The van der Waals surface area contributed by atoms with Crippen molar-refractivity contribution in [1.29, 1.82) is 0 Å². The minimum atomic E-state index is -0.945. The molecule has 2 aromatic heterocycles. The third-order valence-electron chi connectivity index (χ3n) is 4.80. The Morgan fingerprint density at radius 2 is 2.08 bits per heavy atom. The molecule has 3 aromatic rings. The Labute approximate surface area is 141 Å². The minimum absolute atomic E-state index is 0.114. The summed E-state index contributed by atoms with van der Waals surface area (Å²) in [6.45, 7) is 0. The van der Waals surface area contributed by atoms with Crippen molar-refractivity contribution >= 4 is 28.4 Å². The molecule has 8 heteroatoms. The van der Waals surface area contributed by atoms with Gasteiger partial charge in [-0.3, -0.25) is 14.4 Å². The summed E-state index contributed by atoms with van der Waals surface area (Å²) in [7, 11) is 0. The third-order valence-corrected chi connectivity index (χ3v) is 4.80. The Hall–Kier alpha value is -3.16. The van der Waals surface area contributed by atoms with Gasteiger partial charge in [-0.25, -0.2) is 4.52 Å². The van der Waals surface area contributed by atoms with Crippen LogP contribution in [0, 0.1) is 0 Å². The lowest BCUT2D eigenvalue weighted by Gasteiger charge is -2.41. The second kappa shape index (κ2) is 5.44. The zero-order valence-corrected chi connectivity index (χ0v) is 13.3. The second-order valence-electron chi connectivity index (χ2n) is 6.45. The molecule has 0 aliphatic heterocycles. The number of fused-ring (bicyclic) bond motifs is 3. The van der Waals surface area contributed by atoms with E-state index in [4.69, 9.17) is 5.11 Å². The Morgan fingerprint density at radius 3 is 2.76 bits per heavy atom. The highest BCUT2D eigenvalue weighted by molar-refractivity contribution is 6.01. The summed E-state index contributed by atoms with van der Waals surface area (Å²) in [4.78, 5) is 38.7. The number of nitrogens with zero attached hydrogens (tertiary/aromatic N) is 2. The molecule has 1 aliphatic carbocycles. The molecule has 1 aromatic carbocycles. The predicted octanol–water partition coefficient (Wildman–Crippen LogP) is 1.30. The maximum absolute atomic E-state index is 12.7. The zero-order chi connectivity index (χ0) is 17.6. The lowest BCUT2D eigenvalue weighted by Crippen LogP contribution is -2.54. The number of nitrogens with one attached hydrogen (secondary N) is 2. The first-order valence-electron chi connectivity index (χ1n) is 8.02.